The second kappa shape index (κ2) is 6.70. The van der Waals surface area contributed by atoms with E-state index in [1.165, 1.54) is 22.2 Å². The molecule has 4 N–H and O–H groups in total. The fourth-order valence-electron chi connectivity index (χ4n) is 2.47. The van der Waals surface area contributed by atoms with E-state index in [0.717, 1.165) is 13.0 Å². The summed E-state index contributed by atoms with van der Waals surface area (Å²) in [5.41, 5.74) is 3.69. The van der Waals surface area contributed by atoms with Gasteiger partial charge in [-0.25, -0.2) is 0 Å². The predicted molar refractivity (Wildman–Crippen MR) is 77.3 cm³/mol. The van der Waals surface area contributed by atoms with Crippen LogP contribution in [0.15, 0.2) is 24.3 Å². The van der Waals surface area contributed by atoms with Crippen molar-refractivity contribution in [2.75, 3.05) is 19.8 Å². The van der Waals surface area contributed by atoms with Crippen LogP contribution in [0.1, 0.15) is 17.7 Å². The molecule has 4 heteroatoms. The van der Waals surface area contributed by atoms with Crippen LogP contribution in [-0.4, -0.2) is 41.0 Å². The van der Waals surface area contributed by atoms with E-state index in [-0.39, 0.29) is 19.3 Å². The Bertz CT molecular complexity index is 522. The van der Waals surface area contributed by atoms with E-state index in [1.54, 1.807) is 0 Å². The standard InChI is InChI=1S/C15H22N2O2/c1-11-13(6-8-16-12(10-19)7-9-18)14-4-2-3-5-15(14)17-11/h2-5,12,16-19H,6-10H2,1H3. The van der Waals surface area contributed by atoms with Gasteiger partial charge in [0.1, 0.15) is 0 Å². The number of H-pyrrole nitrogens is 1. The van der Waals surface area contributed by atoms with Crippen LogP contribution in [0.25, 0.3) is 10.9 Å². The fourth-order valence-corrected chi connectivity index (χ4v) is 2.47. The largest absolute Gasteiger partial charge is 0.396 e. The van der Waals surface area contributed by atoms with Gasteiger partial charge in [-0.05, 0) is 37.9 Å². The molecule has 1 heterocycles. The van der Waals surface area contributed by atoms with Crippen molar-refractivity contribution in [3.05, 3.63) is 35.5 Å². The number of aliphatic hydroxyl groups is 2. The van der Waals surface area contributed by atoms with E-state index in [1.807, 2.05) is 6.07 Å². The van der Waals surface area contributed by atoms with Crippen molar-refractivity contribution < 1.29 is 10.2 Å². The molecule has 19 heavy (non-hydrogen) atoms. The summed E-state index contributed by atoms with van der Waals surface area (Å²) in [4.78, 5) is 3.39. The fraction of sp³-hybridized carbons (Fsp3) is 0.467. The Hall–Kier alpha value is -1.36. The Morgan fingerprint density at radius 1 is 1.26 bits per heavy atom. The number of hydrogen-bond acceptors (Lipinski definition) is 3. The van der Waals surface area contributed by atoms with Crippen LogP contribution in [0.2, 0.25) is 0 Å². The van der Waals surface area contributed by atoms with Gasteiger partial charge in [0.25, 0.3) is 0 Å². The number of aromatic amines is 1. The van der Waals surface area contributed by atoms with E-state index in [9.17, 15) is 0 Å². The predicted octanol–water partition coefficient (Wildman–Crippen LogP) is 1.35. The molecule has 1 aromatic heterocycles. The van der Waals surface area contributed by atoms with Crippen molar-refractivity contribution in [3.8, 4) is 0 Å². The molecule has 1 atom stereocenters. The highest BCUT2D eigenvalue weighted by Crippen LogP contribution is 2.21. The van der Waals surface area contributed by atoms with E-state index in [4.69, 9.17) is 10.2 Å². The second-order valence-electron chi connectivity index (χ2n) is 4.87. The number of rotatable bonds is 7. The molecule has 0 bridgehead atoms. The number of nitrogens with one attached hydrogen (secondary N) is 2. The summed E-state index contributed by atoms with van der Waals surface area (Å²) in [6.07, 6.45) is 1.50. The molecule has 0 spiro atoms. The molecule has 0 radical (unpaired) electrons. The smallest absolute Gasteiger partial charge is 0.0585 e. The maximum absolute atomic E-state index is 9.16. The molecular formula is C15H22N2O2. The van der Waals surface area contributed by atoms with Gasteiger partial charge in [-0.3, -0.25) is 0 Å². The molecule has 0 aliphatic rings. The molecule has 0 aliphatic carbocycles. The maximum Gasteiger partial charge on any atom is 0.0585 e. The molecule has 0 aliphatic heterocycles. The summed E-state index contributed by atoms with van der Waals surface area (Å²) < 4.78 is 0. The molecule has 1 unspecified atom stereocenters. The molecule has 2 rings (SSSR count). The van der Waals surface area contributed by atoms with Gasteiger partial charge >= 0.3 is 0 Å². The lowest BCUT2D eigenvalue weighted by atomic mass is 10.1. The quantitative estimate of drug-likeness (QED) is 0.609. The average molecular weight is 262 g/mol. The van der Waals surface area contributed by atoms with Gasteiger partial charge in [0, 0.05) is 29.2 Å². The highest BCUT2D eigenvalue weighted by molar-refractivity contribution is 5.84. The van der Waals surface area contributed by atoms with Crippen molar-refractivity contribution in [3.63, 3.8) is 0 Å². The molecule has 1 aromatic carbocycles. The number of fused-ring (bicyclic) bond motifs is 1. The second-order valence-corrected chi connectivity index (χ2v) is 4.87. The number of para-hydroxylation sites is 1. The summed E-state index contributed by atoms with van der Waals surface area (Å²) in [5, 5.41) is 22.6. The molecule has 0 saturated heterocycles. The van der Waals surface area contributed by atoms with Crippen molar-refractivity contribution in [2.24, 2.45) is 0 Å². The van der Waals surface area contributed by atoms with Gasteiger partial charge in [-0.15, -0.1) is 0 Å². The lowest BCUT2D eigenvalue weighted by Gasteiger charge is -2.14. The zero-order valence-corrected chi connectivity index (χ0v) is 11.3. The van der Waals surface area contributed by atoms with E-state index >= 15 is 0 Å². The topological polar surface area (TPSA) is 68.3 Å². The third kappa shape index (κ3) is 3.35. The van der Waals surface area contributed by atoms with Crippen LogP contribution < -0.4 is 5.32 Å². The van der Waals surface area contributed by atoms with Crippen LogP contribution in [0.5, 0.6) is 0 Å². The third-order valence-electron chi connectivity index (χ3n) is 3.53. The van der Waals surface area contributed by atoms with Crippen LogP contribution in [0.3, 0.4) is 0 Å². The number of benzene rings is 1. The first-order valence-electron chi connectivity index (χ1n) is 6.77. The monoisotopic (exact) mass is 262 g/mol. The molecule has 0 fully saturated rings. The maximum atomic E-state index is 9.16. The number of hydrogen-bond donors (Lipinski definition) is 4. The summed E-state index contributed by atoms with van der Waals surface area (Å²) in [7, 11) is 0. The molecule has 2 aromatic rings. The zero-order valence-electron chi connectivity index (χ0n) is 11.3. The van der Waals surface area contributed by atoms with E-state index < -0.39 is 0 Å². The van der Waals surface area contributed by atoms with Crippen LogP contribution >= 0.6 is 0 Å². The van der Waals surface area contributed by atoms with Crippen LogP contribution in [0.4, 0.5) is 0 Å². The Labute approximate surface area is 113 Å². The third-order valence-corrected chi connectivity index (χ3v) is 3.53. The zero-order chi connectivity index (χ0) is 13.7. The Morgan fingerprint density at radius 2 is 2.05 bits per heavy atom. The Balaban J connectivity index is 1.99. The van der Waals surface area contributed by atoms with E-state index in [0.29, 0.717) is 6.42 Å². The summed E-state index contributed by atoms with van der Waals surface area (Å²) in [6, 6.07) is 8.28. The minimum Gasteiger partial charge on any atom is -0.396 e. The Morgan fingerprint density at radius 3 is 2.79 bits per heavy atom. The average Bonchev–Trinajstić information content (AvgIpc) is 2.74. The molecule has 4 nitrogen and oxygen atoms in total. The number of aromatic nitrogens is 1. The summed E-state index contributed by atoms with van der Waals surface area (Å²) >= 11 is 0. The first-order valence-corrected chi connectivity index (χ1v) is 6.77. The lowest BCUT2D eigenvalue weighted by molar-refractivity contribution is 0.201. The van der Waals surface area contributed by atoms with Gasteiger partial charge in [-0.1, -0.05) is 18.2 Å². The summed E-state index contributed by atoms with van der Waals surface area (Å²) in [5.74, 6) is 0. The summed E-state index contributed by atoms with van der Waals surface area (Å²) in [6.45, 7) is 3.05. The highest BCUT2D eigenvalue weighted by Gasteiger charge is 2.09. The van der Waals surface area contributed by atoms with Crippen molar-refractivity contribution in [1.29, 1.82) is 0 Å². The van der Waals surface area contributed by atoms with Gasteiger partial charge in [0.2, 0.25) is 0 Å². The van der Waals surface area contributed by atoms with Gasteiger partial charge in [-0.2, -0.15) is 0 Å². The van der Waals surface area contributed by atoms with E-state index in [2.05, 4.69) is 35.4 Å². The first-order chi connectivity index (χ1) is 9.26. The van der Waals surface area contributed by atoms with Crippen molar-refractivity contribution >= 4 is 10.9 Å². The SMILES string of the molecule is Cc1[nH]c2ccccc2c1CCNC(CO)CCO. The highest BCUT2D eigenvalue weighted by atomic mass is 16.3. The van der Waals surface area contributed by atoms with Crippen molar-refractivity contribution in [2.45, 2.75) is 25.8 Å². The molecular weight excluding hydrogens is 240 g/mol. The van der Waals surface area contributed by atoms with Gasteiger partial charge in [0.05, 0.1) is 6.61 Å². The molecule has 0 amide bonds. The Kier molecular flexibility index (Phi) is 4.96. The van der Waals surface area contributed by atoms with Gasteiger partial charge in [0.15, 0.2) is 0 Å². The first kappa shape index (κ1) is 14.1. The lowest BCUT2D eigenvalue weighted by Crippen LogP contribution is -2.34. The van der Waals surface area contributed by atoms with Gasteiger partial charge < -0.3 is 20.5 Å². The molecule has 0 saturated carbocycles. The minimum atomic E-state index is -0.0180. The molecule has 104 valence electrons. The number of aliphatic hydroxyl groups excluding tert-OH is 2. The normalized spacial score (nSPS) is 13.0. The minimum absolute atomic E-state index is 0.0180. The number of aryl methyl sites for hydroxylation is 1. The van der Waals surface area contributed by atoms with Crippen molar-refractivity contribution in [1.82, 2.24) is 10.3 Å². The van der Waals surface area contributed by atoms with Crippen LogP contribution in [-0.2, 0) is 6.42 Å². The van der Waals surface area contributed by atoms with Crippen LogP contribution in [0, 0.1) is 6.92 Å².